The van der Waals surface area contributed by atoms with Gasteiger partial charge < -0.3 is 15.2 Å². The number of nitrogens with one attached hydrogen (secondary N) is 1. The number of ether oxygens (including phenoxy) is 1. The van der Waals surface area contributed by atoms with Gasteiger partial charge in [0.15, 0.2) is 0 Å². The van der Waals surface area contributed by atoms with Crippen LogP contribution in [-0.2, 0) is 16.0 Å². The molecule has 0 fully saturated rings. The topological polar surface area (TPSA) is 136 Å². The van der Waals surface area contributed by atoms with Crippen molar-refractivity contribution in [3.8, 4) is 0 Å². The summed E-state index contributed by atoms with van der Waals surface area (Å²) in [7, 11) is 1.18. The zero-order valence-electron chi connectivity index (χ0n) is 14.5. The first-order chi connectivity index (χ1) is 13.2. The fourth-order valence-electron chi connectivity index (χ4n) is 2.41. The van der Waals surface area contributed by atoms with E-state index in [1.54, 1.807) is 0 Å². The molecule has 0 heterocycles. The number of rotatable bonds is 7. The van der Waals surface area contributed by atoms with Gasteiger partial charge in [0, 0.05) is 18.1 Å². The molecule has 2 aromatic carbocycles. The van der Waals surface area contributed by atoms with Crippen LogP contribution in [0.2, 0.25) is 0 Å². The van der Waals surface area contributed by atoms with E-state index in [-0.39, 0.29) is 23.1 Å². The van der Waals surface area contributed by atoms with Crippen molar-refractivity contribution >= 4 is 23.5 Å². The van der Waals surface area contributed by atoms with E-state index in [1.165, 1.54) is 37.4 Å². The molecule has 0 bridgehead atoms. The van der Waals surface area contributed by atoms with Crippen LogP contribution in [0.1, 0.15) is 26.3 Å². The average molecular weight is 390 g/mol. The number of benzene rings is 2. The van der Waals surface area contributed by atoms with Crippen molar-refractivity contribution < 1.29 is 33.5 Å². The highest BCUT2D eigenvalue weighted by Crippen LogP contribution is 2.19. The first kappa shape index (κ1) is 20.5. The molecule has 1 amide bonds. The number of carbonyl (C=O) groups is 3. The van der Waals surface area contributed by atoms with Crippen LogP contribution in [-0.4, -0.2) is 41.0 Å². The Morgan fingerprint density at radius 3 is 2.50 bits per heavy atom. The molecule has 28 heavy (non-hydrogen) atoms. The summed E-state index contributed by atoms with van der Waals surface area (Å²) >= 11 is 0. The standard InChI is InChI=1S/C18H15FN2O7/c1-28-18(25)12-4-2-3-11(9-12)16(22)20-14(17(23)24)7-10-5-6-13(19)15(8-10)21(26)27/h2-6,8-9,14H,7H2,1H3,(H,20,22)(H,23,24)/t14-/m0/s1. The summed E-state index contributed by atoms with van der Waals surface area (Å²) in [5, 5.41) is 22.4. The maximum atomic E-state index is 13.4. The van der Waals surface area contributed by atoms with Crippen LogP contribution in [0.5, 0.6) is 0 Å². The van der Waals surface area contributed by atoms with Gasteiger partial charge in [-0.2, -0.15) is 4.39 Å². The lowest BCUT2D eigenvalue weighted by Crippen LogP contribution is -2.42. The van der Waals surface area contributed by atoms with Gasteiger partial charge in [0.1, 0.15) is 6.04 Å². The van der Waals surface area contributed by atoms with E-state index in [2.05, 4.69) is 10.1 Å². The van der Waals surface area contributed by atoms with Gasteiger partial charge in [0.25, 0.3) is 5.91 Å². The monoisotopic (exact) mass is 390 g/mol. The second-order valence-corrected chi connectivity index (χ2v) is 5.68. The molecular formula is C18H15FN2O7. The fraction of sp³-hybridized carbons (Fsp3) is 0.167. The zero-order valence-corrected chi connectivity index (χ0v) is 14.5. The summed E-state index contributed by atoms with van der Waals surface area (Å²) in [6.07, 6.45) is -0.307. The highest BCUT2D eigenvalue weighted by atomic mass is 19.1. The normalized spacial score (nSPS) is 11.4. The number of methoxy groups -OCH3 is 1. The molecule has 0 aromatic heterocycles. The number of hydrogen-bond acceptors (Lipinski definition) is 6. The number of nitro groups is 1. The predicted octanol–water partition coefficient (Wildman–Crippen LogP) is 1.95. The van der Waals surface area contributed by atoms with Gasteiger partial charge >= 0.3 is 17.6 Å². The van der Waals surface area contributed by atoms with Crippen LogP contribution in [0.15, 0.2) is 42.5 Å². The molecule has 0 radical (unpaired) electrons. The Morgan fingerprint density at radius 2 is 1.89 bits per heavy atom. The summed E-state index contributed by atoms with van der Waals surface area (Å²) in [5.74, 6) is -3.87. The largest absolute Gasteiger partial charge is 0.480 e. The van der Waals surface area contributed by atoms with Crippen LogP contribution >= 0.6 is 0 Å². The molecule has 0 spiro atoms. The molecule has 1 atom stereocenters. The minimum Gasteiger partial charge on any atom is -0.480 e. The Bertz CT molecular complexity index is 945. The molecule has 146 valence electrons. The van der Waals surface area contributed by atoms with E-state index < -0.39 is 40.3 Å². The first-order valence-electron chi connectivity index (χ1n) is 7.87. The maximum absolute atomic E-state index is 13.4. The summed E-state index contributed by atoms with van der Waals surface area (Å²) < 4.78 is 18.0. The zero-order chi connectivity index (χ0) is 20.8. The molecule has 2 N–H and O–H groups in total. The highest BCUT2D eigenvalue weighted by Gasteiger charge is 2.23. The lowest BCUT2D eigenvalue weighted by Gasteiger charge is -2.15. The van der Waals surface area contributed by atoms with Gasteiger partial charge in [-0.15, -0.1) is 0 Å². The molecule has 10 heteroatoms. The van der Waals surface area contributed by atoms with Crippen molar-refractivity contribution in [3.63, 3.8) is 0 Å². The van der Waals surface area contributed by atoms with E-state index in [4.69, 9.17) is 0 Å². The number of hydrogen-bond donors (Lipinski definition) is 2. The van der Waals surface area contributed by atoms with Crippen LogP contribution < -0.4 is 5.32 Å². The number of esters is 1. The van der Waals surface area contributed by atoms with Crippen LogP contribution in [0.25, 0.3) is 0 Å². The maximum Gasteiger partial charge on any atom is 0.337 e. The second kappa shape index (κ2) is 8.71. The van der Waals surface area contributed by atoms with E-state index in [0.717, 1.165) is 12.1 Å². The van der Waals surface area contributed by atoms with Crippen LogP contribution in [0, 0.1) is 15.9 Å². The molecule has 2 rings (SSSR count). The Hall–Kier alpha value is -3.82. The molecular weight excluding hydrogens is 375 g/mol. The molecule has 0 saturated heterocycles. The van der Waals surface area contributed by atoms with Gasteiger partial charge in [-0.25, -0.2) is 9.59 Å². The Balaban J connectivity index is 2.21. The Labute approximate surface area is 157 Å². The van der Waals surface area contributed by atoms with Crippen molar-refractivity contribution in [1.29, 1.82) is 0 Å². The molecule has 0 unspecified atom stereocenters. The van der Waals surface area contributed by atoms with Gasteiger partial charge in [-0.3, -0.25) is 14.9 Å². The Morgan fingerprint density at radius 1 is 1.21 bits per heavy atom. The number of carbonyl (C=O) groups excluding carboxylic acids is 2. The van der Waals surface area contributed by atoms with Gasteiger partial charge in [-0.1, -0.05) is 12.1 Å². The number of nitro benzene ring substituents is 1. The summed E-state index contributed by atoms with van der Waals surface area (Å²) in [4.78, 5) is 45.3. The summed E-state index contributed by atoms with van der Waals surface area (Å²) in [6.45, 7) is 0. The lowest BCUT2D eigenvalue weighted by atomic mass is 10.0. The molecule has 2 aromatic rings. The third-order valence-electron chi connectivity index (χ3n) is 3.80. The summed E-state index contributed by atoms with van der Waals surface area (Å²) in [6, 6.07) is 7.01. The van der Waals surface area contributed by atoms with E-state index in [1.807, 2.05) is 0 Å². The molecule has 0 aliphatic carbocycles. The van der Waals surface area contributed by atoms with Gasteiger partial charge in [0.05, 0.1) is 17.6 Å². The van der Waals surface area contributed by atoms with Crippen LogP contribution in [0.3, 0.4) is 0 Å². The molecule has 9 nitrogen and oxygen atoms in total. The van der Waals surface area contributed by atoms with E-state index in [0.29, 0.717) is 0 Å². The van der Waals surface area contributed by atoms with Crippen molar-refractivity contribution in [2.24, 2.45) is 0 Å². The number of amides is 1. The van der Waals surface area contributed by atoms with E-state index in [9.17, 15) is 34.0 Å². The fourth-order valence-corrected chi connectivity index (χ4v) is 2.41. The number of aliphatic carboxylic acids is 1. The first-order valence-corrected chi connectivity index (χ1v) is 7.87. The third-order valence-corrected chi connectivity index (χ3v) is 3.80. The number of carboxylic acid groups (broad SMARTS) is 1. The number of carboxylic acids is 1. The van der Waals surface area contributed by atoms with Gasteiger partial charge in [-0.05, 0) is 29.8 Å². The van der Waals surface area contributed by atoms with Crippen molar-refractivity contribution in [2.75, 3.05) is 7.11 Å². The average Bonchev–Trinajstić information content (AvgIpc) is 2.67. The lowest BCUT2D eigenvalue weighted by molar-refractivity contribution is -0.387. The minimum atomic E-state index is -1.43. The number of nitrogens with zero attached hydrogens (tertiary/aromatic N) is 1. The quantitative estimate of drug-likeness (QED) is 0.419. The third kappa shape index (κ3) is 4.87. The smallest absolute Gasteiger partial charge is 0.337 e. The van der Waals surface area contributed by atoms with E-state index >= 15 is 0 Å². The van der Waals surface area contributed by atoms with Crippen molar-refractivity contribution in [1.82, 2.24) is 5.32 Å². The Kier molecular flexibility index (Phi) is 6.38. The number of halogens is 1. The van der Waals surface area contributed by atoms with Crippen molar-refractivity contribution in [3.05, 3.63) is 75.1 Å². The SMILES string of the molecule is COC(=O)c1cccc(C(=O)N[C@@H](Cc2ccc(F)c([N+](=O)[O-])c2)C(=O)O)c1. The van der Waals surface area contributed by atoms with Crippen molar-refractivity contribution in [2.45, 2.75) is 12.5 Å². The van der Waals surface area contributed by atoms with Gasteiger partial charge in [0.2, 0.25) is 5.82 Å². The molecule has 0 saturated carbocycles. The van der Waals surface area contributed by atoms with Crippen LogP contribution in [0.4, 0.5) is 10.1 Å². The predicted molar refractivity (Wildman–Crippen MR) is 93.4 cm³/mol. The summed E-state index contributed by atoms with van der Waals surface area (Å²) in [5.41, 5.74) is -0.502. The molecule has 0 aliphatic heterocycles. The molecule has 0 aliphatic rings. The minimum absolute atomic E-state index is 0.0271. The second-order valence-electron chi connectivity index (χ2n) is 5.68. The highest BCUT2D eigenvalue weighted by molar-refractivity contribution is 5.99.